The van der Waals surface area contributed by atoms with E-state index in [1.54, 1.807) is 48.5 Å². The summed E-state index contributed by atoms with van der Waals surface area (Å²) < 4.78 is 5.29. The third-order valence-corrected chi connectivity index (χ3v) is 4.16. The maximum atomic E-state index is 12.8. The molecule has 0 fully saturated rings. The zero-order valence-electron chi connectivity index (χ0n) is 13.9. The standard InChI is InChI=1S/C19H15ClO4.Na/c1-11(21)10-15(12-6-8-13(20)9-7-12)17-18(22)14-4-2-3-5-16(14)24-19(17)23;/h2-9,15,23H,10H2,1H3;/q;+1/p-1. The van der Waals surface area contributed by atoms with Gasteiger partial charge in [0, 0.05) is 33.9 Å². The zero-order valence-corrected chi connectivity index (χ0v) is 16.7. The Balaban J connectivity index is 0.00000225. The minimum absolute atomic E-state index is 0. The summed E-state index contributed by atoms with van der Waals surface area (Å²) in [4.78, 5) is 24.5. The molecule has 0 radical (unpaired) electrons. The van der Waals surface area contributed by atoms with Crippen molar-refractivity contribution < 1.29 is 43.9 Å². The molecule has 0 aliphatic heterocycles. The number of carbonyl (C=O) groups excluding carboxylic acids is 1. The molecule has 0 spiro atoms. The first-order chi connectivity index (χ1) is 11.5. The number of Topliss-reactive ketones (excluding diaryl/α,β-unsaturated/α-hetero) is 1. The molecule has 1 heterocycles. The number of halogens is 1. The molecule has 0 N–H and O–H groups in total. The average molecular weight is 365 g/mol. The molecule has 1 unspecified atom stereocenters. The quantitative estimate of drug-likeness (QED) is 0.637. The number of rotatable bonds is 4. The van der Waals surface area contributed by atoms with Crippen LogP contribution in [0.1, 0.15) is 30.4 Å². The van der Waals surface area contributed by atoms with Crippen LogP contribution in [0.2, 0.25) is 5.02 Å². The van der Waals surface area contributed by atoms with E-state index in [2.05, 4.69) is 0 Å². The fourth-order valence-electron chi connectivity index (χ4n) is 2.81. The normalized spacial score (nSPS) is 11.8. The number of ketones is 1. The van der Waals surface area contributed by atoms with Gasteiger partial charge < -0.3 is 9.52 Å². The first-order valence-electron chi connectivity index (χ1n) is 7.45. The Morgan fingerprint density at radius 1 is 1.16 bits per heavy atom. The van der Waals surface area contributed by atoms with Crippen molar-refractivity contribution in [1.29, 1.82) is 0 Å². The topological polar surface area (TPSA) is 70.3 Å². The van der Waals surface area contributed by atoms with Crippen molar-refractivity contribution in [2.75, 3.05) is 0 Å². The number of carbonyl (C=O) groups is 1. The van der Waals surface area contributed by atoms with Gasteiger partial charge in [-0.2, -0.15) is 0 Å². The van der Waals surface area contributed by atoms with Gasteiger partial charge in [0.05, 0.1) is 5.95 Å². The van der Waals surface area contributed by atoms with Gasteiger partial charge in [0.1, 0.15) is 5.78 Å². The molecule has 3 rings (SSSR count). The van der Waals surface area contributed by atoms with E-state index in [9.17, 15) is 14.7 Å². The average Bonchev–Trinajstić information content (AvgIpc) is 2.54. The molecule has 0 aliphatic carbocycles. The molecular formula is C19H14ClNaO4. The summed E-state index contributed by atoms with van der Waals surface area (Å²) in [7, 11) is 0. The van der Waals surface area contributed by atoms with Crippen LogP contribution in [0.15, 0.2) is 57.7 Å². The number of hydrogen-bond donors (Lipinski definition) is 0. The van der Waals surface area contributed by atoms with Gasteiger partial charge in [0.2, 0.25) is 0 Å². The van der Waals surface area contributed by atoms with E-state index in [1.807, 2.05) is 0 Å². The Morgan fingerprint density at radius 2 is 1.80 bits per heavy atom. The van der Waals surface area contributed by atoms with Crippen LogP contribution in [0.5, 0.6) is 5.95 Å². The second-order valence-electron chi connectivity index (χ2n) is 5.64. The number of fused-ring (bicyclic) bond motifs is 1. The van der Waals surface area contributed by atoms with Gasteiger partial charge in [-0.15, -0.1) is 0 Å². The fraction of sp³-hybridized carbons (Fsp3) is 0.158. The van der Waals surface area contributed by atoms with Crippen LogP contribution >= 0.6 is 11.6 Å². The van der Waals surface area contributed by atoms with Crippen LogP contribution in [-0.4, -0.2) is 5.78 Å². The molecule has 122 valence electrons. The van der Waals surface area contributed by atoms with E-state index < -0.39 is 17.3 Å². The van der Waals surface area contributed by atoms with Crippen molar-refractivity contribution >= 4 is 28.4 Å². The SMILES string of the molecule is CC(=O)CC(c1ccc(Cl)cc1)c1c([O-])oc2ccccc2c1=O.[Na+]. The molecule has 0 amide bonds. The third-order valence-electron chi connectivity index (χ3n) is 3.91. The number of benzene rings is 2. The first-order valence-corrected chi connectivity index (χ1v) is 7.83. The van der Waals surface area contributed by atoms with Crippen LogP contribution in [-0.2, 0) is 4.79 Å². The van der Waals surface area contributed by atoms with Gasteiger partial charge in [-0.3, -0.25) is 9.59 Å². The van der Waals surface area contributed by atoms with E-state index in [-0.39, 0.29) is 52.9 Å². The smallest absolute Gasteiger partial charge is 0.578 e. The van der Waals surface area contributed by atoms with Crippen LogP contribution in [0.25, 0.3) is 11.0 Å². The maximum absolute atomic E-state index is 12.8. The predicted molar refractivity (Wildman–Crippen MR) is 90.5 cm³/mol. The molecule has 2 aromatic carbocycles. The van der Waals surface area contributed by atoms with Gasteiger partial charge in [-0.25, -0.2) is 0 Å². The van der Waals surface area contributed by atoms with E-state index >= 15 is 0 Å². The van der Waals surface area contributed by atoms with Crippen molar-refractivity contribution in [3.63, 3.8) is 0 Å². The Morgan fingerprint density at radius 3 is 2.44 bits per heavy atom. The Kier molecular flexibility index (Phi) is 6.47. The van der Waals surface area contributed by atoms with E-state index in [0.29, 0.717) is 16.0 Å². The van der Waals surface area contributed by atoms with Gasteiger partial charge in [0.15, 0.2) is 5.43 Å². The van der Waals surface area contributed by atoms with Gasteiger partial charge >= 0.3 is 29.6 Å². The fourth-order valence-corrected chi connectivity index (χ4v) is 2.93. The maximum Gasteiger partial charge on any atom is 1.00 e. The second kappa shape index (κ2) is 8.19. The molecule has 3 aromatic rings. The Labute approximate surface area is 171 Å². The molecular weight excluding hydrogens is 351 g/mol. The van der Waals surface area contributed by atoms with Gasteiger partial charge in [-0.1, -0.05) is 35.9 Å². The molecule has 1 aromatic heterocycles. The minimum atomic E-state index is -0.708. The zero-order chi connectivity index (χ0) is 17.3. The van der Waals surface area contributed by atoms with Crippen molar-refractivity contribution in [2.24, 2.45) is 0 Å². The third kappa shape index (κ3) is 4.15. The molecule has 0 aliphatic rings. The molecule has 6 heteroatoms. The van der Waals surface area contributed by atoms with Gasteiger partial charge in [0.25, 0.3) is 0 Å². The Hall–Kier alpha value is -1.59. The van der Waals surface area contributed by atoms with Crippen LogP contribution < -0.4 is 40.1 Å². The molecule has 4 nitrogen and oxygen atoms in total. The Bertz CT molecular complexity index is 963. The van der Waals surface area contributed by atoms with E-state index in [0.717, 1.165) is 0 Å². The van der Waals surface area contributed by atoms with Crippen molar-refractivity contribution in [2.45, 2.75) is 19.3 Å². The molecule has 0 bridgehead atoms. The van der Waals surface area contributed by atoms with Crippen LogP contribution in [0.3, 0.4) is 0 Å². The summed E-state index contributed by atoms with van der Waals surface area (Å²) >= 11 is 5.90. The number of hydrogen-bond acceptors (Lipinski definition) is 4. The van der Waals surface area contributed by atoms with Crippen LogP contribution in [0.4, 0.5) is 0 Å². The molecule has 25 heavy (non-hydrogen) atoms. The summed E-state index contributed by atoms with van der Waals surface area (Å²) in [6.07, 6.45) is 0.0416. The molecule has 1 atom stereocenters. The monoisotopic (exact) mass is 364 g/mol. The second-order valence-corrected chi connectivity index (χ2v) is 6.08. The summed E-state index contributed by atoms with van der Waals surface area (Å²) in [5.74, 6) is -1.49. The summed E-state index contributed by atoms with van der Waals surface area (Å²) in [5.41, 5.74) is 0.498. The minimum Gasteiger partial charge on any atom is -0.578 e. The van der Waals surface area contributed by atoms with Crippen molar-refractivity contribution in [3.8, 4) is 5.95 Å². The predicted octanol–water partition coefficient (Wildman–Crippen LogP) is 0.635. The molecule has 0 saturated heterocycles. The summed E-state index contributed by atoms with van der Waals surface area (Å²) in [5, 5.41) is 13.3. The largest absolute Gasteiger partial charge is 1.00 e. The van der Waals surface area contributed by atoms with Gasteiger partial charge in [-0.05, 0) is 36.8 Å². The molecule has 0 saturated carbocycles. The van der Waals surface area contributed by atoms with Crippen molar-refractivity contribution in [3.05, 3.63) is 74.9 Å². The van der Waals surface area contributed by atoms with Crippen LogP contribution in [0, 0.1) is 0 Å². The van der Waals surface area contributed by atoms with E-state index in [1.165, 1.54) is 6.92 Å². The van der Waals surface area contributed by atoms with Crippen molar-refractivity contribution in [1.82, 2.24) is 0 Å². The number of para-hydroxylation sites is 1. The van der Waals surface area contributed by atoms with E-state index in [4.69, 9.17) is 16.0 Å². The summed E-state index contributed by atoms with van der Waals surface area (Å²) in [6, 6.07) is 13.3. The first kappa shape index (κ1) is 19.7. The summed E-state index contributed by atoms with van der Waals surface area (Å²) in [6.45, 7) is 1.43.